The first kappa shape index (κ1) is 65.5. The number of hydrogen-bond donors (Lipinski definition) is 2. The molecular formula is C58H106N2O7P+. The molecule has 0 radical (unpaired) electrons. The second-order valence-corrected chi connectivity index (χ2v) is 21.2. The van der Waals surface area contributed by atoms with Crippen LogP contribution in [-0.4, -0.2) is 74.3 Å². The number of carbonyl (C=O) groups excluding carboxylic acids is 2. The molecule has 0 aromatic rings. The number of amides is 1. The van der Waals surface area contributed by atoms with Crippen LogP contribution < -0.4 is 5.32 Å². The van der Waals surface area contributed by atoms with Crippen molar-refractivity contribution >= 4 is 19.7 Å². The summed E-state index contributed by atoms with van der Waals surface area (Å²) in [5, 5.41) is 3.03. The summed E-state index contributed by atoms with van der Waals surface area (Å²) in [6.07, 6.45) is 60.3. The van der Waals surface area contributed by atoms with Gasteiger partial charge in [0.2, 0.25) is 5.91 Å². The van der Waals surface area contributed by atoms with Gasteiger partial charge in [0.15, 0.2) is 0 Å². The van der Waals surface area contributed by atoms with Crippen LogP contribution in [0.4, 0.5) is 0 Å². The molecule has 0 saturated carbocycles. The number of allylic oxidation sites excluding steroid dienone is 11. The summed E-state index contributed by atoms with van der Waals surface area (Å²) in [5.74, 6) is -0.541. The number of rotatable bonds is 49. The Morgan fingerprint density at radius 3 is 1.54 bits per heavy atom. The predicted octanol–water partition coefficient (Wildman–Crippen LogP) is 16.5. The molecule has 0 saturated heterocycles. The Hall–Kier alpha value is -2.55. The van der Waals surface area contributed by atoms with E-state index in [0.29, 0.717) is 23.9 Å². The second kappa shape index (κ2) is 48.1. The van der Waals surface area contributed by atoms with E-state index >= 15 is 0 Å². The third-order valence-electron chi connectivity index (χ3n) is 11.9. The highest BCUT2D eigenvalue weighted by atomic mass is 31.2. The third-order valence-corrected chi connectivity index (χ3v) is 12.9. The molecule has 1 amide bonds. The molecule has 0 aromatic carbocycles. The Balaban J connectivity index is 5.40. The topological polar surface area (TPSA) is 111 Å². The lowest BCUT2D eigenvalue weighted by Crippen LogP contribution is -2.47. The Bertz CT molecular complexity index is 1400. The number of nitrogens with one attached hydrogen (secondary N) is 1. The first-order valence-corrected chi connectivity index (χ1v) is 29.3. The van der Waals surface area contributed by atoms with Crippen molar-refractivity contribution in [2.75, 3.05) is 40.9 Å². The Kier molecular flexibility index (Phi) is 46.3. The standard InChI is InChI=1S/C58H105N2O7P/c1-7-10-13-16-19-22-25-28-29-30-31-33-35-38-41-44-47-50-57(61)59-55(54-66-68(63,64)65-53-52-60(4,5)6)56(49-46-43-40-37-34-27-24-21-18-15-12-9-3)67-58(62)51-48-45-42-39-36-32-26-23-20-17-14-11-8-2/h11,14,17,19-20,22-23,26,28-29,46,49,55-56H,7-10,12-13,15-16,18,21,24-25,27,30-45,47-48,50-54H2,1-6H3,(H-,59,61,63,64)/p+1/b14-11+,20-17+,22-19-,26-23-,29-28-,49-46-. The van der Waals surface area contributed by atoms with Crippen LogP contribution >= 0.6 is 7.82 Å². The van der Waals surface area contributed by atoms with E-state index in [0.717, 1.165) is 96.3 Å². The maximum Gasteiger partial charge on any atom is 0.472 e. The van der Waals surface area contributed by atoms with Crippen LogP contribution in [0.3, 0.4) is 0 Å². The van der Waals surface area contributed by atoms with Crippen LogP contribution in [-0.2, 0) is 27.9 Å². The average Bonchev–Trinajstić information content (AvgIpc) is 3.29. The van der Waals surface area contributed by atoms with Crippen LogP contribution in [0.5, 0.6) is 0 Å². The lowest BCUT2D eigenvalue weighted by molar-refractivity contribution is -0.870. The summed E-state index contributed by atoms with van der Waals surface area (Å²) in [6, 6.07) is -0.862. The number of carbonyl (C=O) groups is 2. The quantitative estimate of drug-likeness (QED) is 0.0156. The van der Waals surface area contributed by atoms with Gasteiger partial charge in [0.05, 0.1) is 33.8 Å². The van der Waals surface area contributed by atoms with E-state index in [4.69, 9.17) is 13.8 Å². The number of phosphoric ester groups is 1. The molecule has 68 heavy (non-hydrogen) atoms. The molecular weight excluding hydrogens is 868 g/mol. The normalized spacial score (nSPS) is 14.4. The van der Waals surface area contributed by atoms with E-state index in [2.05, 4.69) is 86.8 Å². The number of unbranched alkanes of at least 4 members (excludes halogenated alkanes) is 25. The van der Waals surface area contributed by atoms with Crippen LogP contribution in [0.1, 0.15) is 233 Å². The van der Waals surface area contributed by atoms with E-state index in [1.54, 1.807) is 0 Å². The molecule has 0 heterocycles. The Labute approximate surface area is 419 Å². The zero-order valence-corrected chi connectivity index (χ0v) is 45.7. The maximum atomic E-state index is 13.5. The number of phosphoric acid groups is 1. The van der Waals surface area contributed by atoms with Crippen LogP contribution in [0.25, 0.3) is 0 Å². The van der Waals surface area contributed by atoms with Crippen molar-refractivity contribution in [3.8, 4) is 0 Å². The van der Waals surface area contributed by atoms with Crippen LogP contribution in [0.2, 0.25) is 0 Å². The number of hydrogen-bond acceptors (Lipinski definition) is 6. The molecule has 0 fully saturated rings. The van der Waals surface area contributed by atoms with Gasteiger partial charge in [0, 0.05) is 12.8 Å². The first-order chi connectivity index (χ1) is 32.9. The van der Waals surface area contributed by atoms with E-state index in [-0.39, 0.29) is 31.5 Å². The minimum Gasteiger partial charge on any atom is -0.456 e. The van der Waals surface area contributed by atoms with Crippen molar-refractivity contribution in [2.24, 2.45) is 0 Å². The molecule has 3 unspecified atom stereocenters. The maximum absolute atomic E-state index is 13.5. The van der Waals surface area contributed by atoms with E-state index < -0.39 is 20.0 Å². The summed E-state index contributed by atoms with van der Waals surface area (Å²) in [4.78, 5) is 37.5. The zero-order chi connectivity index (χ0) is 50.1. The Morgan fingerprint density at radius 2 is 1.00 bits per heavy atom. The fraction of sp³-hybridized carbons (Fsp3) is 0.759. The van der Waals surface area contributed by atoms with Crippen molar-refractivity contribution < 1.29 is 37.3 Å². The summed E-state index contributed by atoms with van der Waals surface area (Å²) >= 11 is 0. The Morgan fingerprint density at radius 1 is 0.544 bits per heavy atom. The van der Waals surface area contributed by atoms with Crippen molar-refractivity contribution in [1.29, 1.82) is 0 Å². The molecule has 0 aliphatic rings. The van der Waals surface area contributed by atoms with E-state index in [1.807, 2.05) is 33.3 Å². The minimum atomic E-state index is -4.45. The molecule has 0 aromatic heterocycles. The van der Waals surface area contributed by atoms with Gasteiger partial charge in [-0.05, 0) is 83.1 Å². The number of likely N-dealkylation sites (N-methyl/N-ethyl adjacent to an activating group) is 1. The van der Waals surface area contributed by atoms with Gasteiger partial charge >= 0.3 is 13.8 Å². The minimum absolute atomic E-state index is 0.0324. The highest BCUT2D eigenvalue weighted by Crippen LogP contribution is 2.43. The molecule has 10 heteroatoms. The van der Waals surface area contributed by atoms with Crippen molar-refractivity contribution in [2.45, 2.75) is 245 Å². The SMILES string of the molecule is CC/C=C/C=C/C=C\CCCCCCCC(=O)OC(/C=C\CCCCCCCCCCCC)C(COP(=O)(O)OCC[N+](C)(C)C)NC(=O)CCCCCCCCC/C=C\C/C=C\CCCCC. The molecule has 394 valence electrons. The van der Waals surface area contributed by atoms with Gasteiger partial charge in [-0.2, -0.15) is 0 Å². The summed E-state index contributed by atoms with van der Waals surface area (Å²) in [7, 11) is 1.47. The number of esters is 1. The molecule has 3 atom stereocenters. The van der Waals surface area contributed by atoms with Gasteiger partial charge in [-0.25, -0.2) is 4.57 Å². The fourth-order valence-corrected chi connectivity index (χ4v) is 8.35. The summed E-state index contributed by atoms with van der Waals surface area (Å²) in [6.45, 7) is 6.82. The molecule has 0 aliphatic heterocycles. The second-order valence-electron chi connectivity index (χ2n) is 19.8. The lowest BCUT2D eigenvalue weighted by Gasteiger charge is -2.27. The molecule has 9 nitrogen and oxygen atoms in total. The molecule has 0 bridgehead atoms. The van der Waals surface area contributed by atoms with Gasteiger partial charge in [-0.1, -0.05) is 210 Å². The van der Waals surface area contributed by atoms with Gasteiger partial charge in [-0.15, -0.1) is 0 Å². The smallest absolute Gasteiger partial charge is 0.456 e. The average molecular weight is 974 g/mol. The van der Waals surface area contributed by atoms with E-state index in [9.17, 15) is 19.0 Å². The molecule has 0 spiro atoms. The lowest BCUT2D eigenvalue weighted by atomic mass is 10.0. The molecule has 0 rings (SSSR count). The first-order valence-electron chi connectivity index (χ1n) is 27.8. The predicted molar refractivity (Wildman–Crippen MR) is 291 cm³/mol. The highest BCUT2D eigenvalue weighted by molar-refractivity contribution is 7.47. The highest BCUT2D eigenvalue weighted by Gasteiger charge is 2.30. The zero-order valence-electron chi connectivity index (χ0n) is 44.8. The van der Waals surface area contributed by atoms with Crippen molar-refractivity contribution in [3.63, 3.8) is 0 Å². The molecule has 2 N–H and O–H groups in total. The fourth-order valence-electron chi connectivity index (χ4n) is 7.62. The van der Waals surface area contributed by atoms with Crippen LogP contribution in [0, 0.1) is 0 Å². The van der Waals surface area contributed by atoms with Gasteiger partial charge in [-0.3, -0.25) is 18.6 Å². The number of quaternary nitrogens is 1. The summed E-state index contributed by atoms with van der Waals surface area (Å²) in [5.41, 5.74) is 0. The third kappa shape index (κ3) is 48.5. The van der Waals surface area contributed by atoms with Crippen molar-refractivity contribution in [3.05, 3.63) is 72.9 Å². The van der Waals surface area contributed by atoms with E-state index in [1.165, 1.54) is 96.3 Å². The monoisotopic (exact) mass is 974 g/mol. The summed E-state index contributed by atoms with van der Waals surface area (Å²) < 4.78 is 30.5. The van der Waals surface area contributed by atoms with Gasteiger partial charge < -0.3 is 19.4 Å². The largest absolute Gasteiger partial charge is 0.472 e. The van der Waals surface area contributed by atoms with Crippen LogP contribution in [0.15, 0.2) is 72.9 Å². The van der Waals surface area contributed by atoms with Gasteiger partial charge in [0.25, 0.3) is 0 Å². The van der Waals surface area contributed by atoms with Gasteiger partial charge in [0.1, 0.15) is 19.3 Å². The number of nitrogens with zero attached hydrogens (tertiary/aromatic N) is 1. The molecule has 0 aliphatic carbocycles. The number of ether oxygens (including phenoxy) is 1. The van der Waals surface area contributed by atoms with Crippen molar-refractivity contribution in [1.82, 2.24) is 5.32 Å².